The summed E-state index contributed by atoms with van der Waals surface area (Å²) >= 11 is 0. The van der Waals surface area contributed by atoms with E-state index >= 15 is 0 Å². The fourth-order valence-electron chi connectivity index (χ4n) is 7.59. The van der Waals surface area contributed by atoms with Gasteiger partial charge in [0.2, 0.25) is 5.91 Å². The number of amides is 1. The Morgan fingerprint density at radius 1 is 1.14 bits per heavy atom. The van der Waals surface area contributed by atoms with Gasteiger partial charge in [-0.2, -0.15) is 0 Å². The van der Waals surface area contributed by atoms with Gasteiger partial charge >= 0.3 is 7.12 Å². The molecular formula is C31H56BN5O6. The van der Waals surface area contributed by atoms with Gasteiger partial charge < -0.3 is 20.4 Å². The van der Waals surface area contributed by atoms with Gasteiger partial charge in [-0.3, -0.25) is 9.59 Å². The summed E-state index contributed by atoms with van der Waals surface area (Å²) in [6.07, 6.45) is 8.52. The van der Waals surface area contributed by atoms with Crippen molar-refractivity contribution in [2.45, 2.75) is 137 Å². The second-order valence-electron chi connectivity index (χ2n) is 14.6. The zero-order chi connectivity index (χ0) is 31.9. The van der Waals surface area contributed by atoms with Crippen molar-refractivity contribution in [1.29, 1.82) is 0 Å². The summed E-state index contributed by atoms with van der Waals surface area (Å²) in [5.74, 6) is 0.557. The Hall–Kier alpha value is -2.21. The number of unbranched alkanes of at least 4 members (excludes halogenated alkanes) is 1. The van der Waals surface area contributed by atoms with Crippen molar-refractivity contribution in [3.63, 3.8) is 0 Å². The Kier molecular flexibility index (Phi) is 12.5. The molecule has 1 amide bonds. The lowest BCUT2D eigenvalue weighted by molar-refractivity contribution is -0.525. The number of nitro groups is 1. The number of hydrogen-bond donors (Lipinski definition) is 3. The molecule has 4 N–H and O–H groups in total. The van der Waals surface area contributed by atoms with Crippen molar-refractivity contribution in [1.82, 2.24) is 10.7 Å². The Labute approximate surface area is 258 Å². The lowest BCUT2D eigenvalue weighted by Crippen LogP contribution is -2.65. The quantitative estimate of drug-likeness (QED) is 0.0500. The number of rotatable bonds is 18. The molecular weight excluding hydrogens is 549 g/mol. The van der Waals surface area contributed by atoms with Gasteiger partial charge in [-0.15, -0.1) is 0 Å². The molecule has 0 aromatic carbocycles. The van der Waals surface area contributed by atoms with Gasteiger partial charge in [0.15, 0.2) is 5.03 Å². The van der Waals surface area contributed by atoms with E-state index in [0.29, 0.717) is 49.4 Å². The molecule has 11 nitrogen and oxygen atoms in total. The molecule has 1 aliphatic heterocycles. The maximum Gasteiger partial charge on any atom is 0.481 e. The van der Waals surface area contributed by atoms with E-state index < -0.39 is 18.1 Å². The first-order chi connectivity index (χ1) is 20.2. The van der Waals surface area contributed by atoms with E-state index in [9.17, 15) is 19.7 Å². The third kappa shape index (κ3) is 9.16. The van der Waals surface area contributed by atoms with E-state index in [-0.39, 0.29) is 53.7 Å². The number of Topliss-reactive ketones (excluding diaryl/α,β-unsaturated/α-hetero) is 1. The first kappa shape index (κ1) is 35.3. The van der Waals surface area contributed by atoms with Crippen LogP contribution in [-0.4, -0.2) is 54.0 Å². The van der Waals surface area contributed by atoms with Crippen LogP contribution in [-0.2, 0) is 18.9 Å². The molecule has 0 spiro atoms. The third-order valence-electron chi connectivity index (χ3n) is 10.4. The number of guanidine groups is 1. The number of carbonyl (C=O) groups is 2. The predicted octanol–water partition coefficient (Wildman–Crippen LogP) is 4.84. The van der Waals surface area contributed by atoms with Crippen molar-refractivity contribution in [2.75, 3.05) is 6.54 Å². The molecule has 12 heteroatoms. The van der Waals surface area contributed by atoms with Crippen LogP contribution in [0, 0.1) is 45.1 Å². The molecule has 7 atom stereocenters. The Morgan fingerprint density at radius 3 is 2.49 bits per heavy atom. The molecule has 4 aliphatic rings. The van der Waals surface area contributed by atoms with Gasteiger partial charge in [0.25, 0.3) is 5.96 Å². The van der Waals surface area contributed by atoms with Crippen LogP contribution in [0.4, 0.5) is 0 Å². The molecule has 4 rings (SSSR count). The molecule has 1 unspecified atom stereocenters. The fraction of sp³-hybridized carbons (Fsp3) is 0.903. The molecule has 1 heterocycles. The lowest BCUT2D eigenvalue weighted by Gasteiger charge is -2.64. The second-order valence-corrected chi connectivity index (χ2v) is 14.6. The summed E-state index contributed by atoms with van der Waals surface area (Å²) in [7, 11) is -0.537. The first-order valence-corrected chi connectivity index (χ1v) is 16.5. The molecule has 4 fully saturated rings. The number of aliphatic imine (C=N–C) groups is 1. The maximum absolute atomic E-state index is 13.8. The van der Waals surface area contributed by atoms with Crippen LogP contribution in [0.1, 0.15) is 119 Å². The zero-order valence-electron chi connectivity index (χ0n) is 27.5. The van der Waals surface area contributed by atoms with Crippen molar-refractivity contribution >= 4 is 24.8 Å². The van der Waals surface area contributed by atoms with Gasteiger partial charge in [0.1, 0.15) is 5.78 Å². The zero-order valence-corrected chi connectivity index (χ0v) is 27.5. The summed E-state index contributed by atoms with van der Waals surface area (Å²) < 4.78 is 13.3. The highest BCUT2D eigenvalue weighted by Crippen LogP contribution is 2.65. The highest BCUT2D eigenvalue weighted by molar-refractivity contribution is 6.47. The van der Waals surface area contributed by atoms with E-state index in [1.54, 1.807) is 0 Å². The van der Waals surface area contributed by atoms with Gasteiger partial charge in [0.05, 0.1) is 17.6 Å². The standard InChI is InChI=1S/C31H56BN5O6/c1-8-9-11-21(4)13-14-24(38)17-22(12-10-15-34-29(33)36-37(40)41)28(39)35-27(16-20(2)3)32-42-26-19-23-18-25(30(23,5)6)31(26,7)43-32/h20-23,25-27H,8-19H2,1-7H3,(H,35,39)(H3,33,34,36)/t21?,22-,23-,25-,26-,27+,31+/m1/s1. The summed E-state index contributed by atoms with van der Waals surface area (Å²) in [4.78, 5) is 41.5. The first-order valence-electron chi connectivity index (χ1n) is 16.5. The third-order valence-corrected chi connectivity index (χ3v) is 10.4. The van der Waals surface area contributed by atoms with Crippen molar-refractivity contribution in [3.05, 3.63) is 10.1 Å². The van der Waals surface area contributed by atoms with Crippen LogP contribution < -0.4 is 16.5 Å². The molecule has 1 saturated heterocycles. The van der Waals surface area contributed by atoms with Crippen LogP contribution >= 0.6 is 0 Å². The minimum atomic E-state index is -0.766. The number of ketones is 1. The topological polar surface area (TPSA) is 158 Å². The Bertz CT molecular complexity index is 1010. The van der Waals surface area contributed by atoms with Crippen molar-refractivity contribution in [3.8, 4) is 0 Å². The molecule has 2 bridgehead atoms. The smallest absolute Gasteiger partial charge is 0.404 e. The highest BCUT2D eigenvalue weighted by atomic mass is 16.7. The van der Waals surface area contributed by atoms with Crippen LogP contribution in [0.15, 0.2) is 4.99 Å². The summed E-state index contributed by atoms with van der Waals surface area (Å²) in [5.41, 5.74) is 7.22. The number of nitrogens with two attached hydrogens (primary N) is 1. The summed E-state index contributed by atoms with van der Waals surface area (Å²) in [5, 5.41) is 13.1. The van der Waals surface area contributed by atoms with Gasteiger partial charge in [0, 0.05) is 25.3 Å². The van der Waals surface area contributed by atoms with E-state index in [1.165, 1.54) is 0 Å². The number of carbonyl (C=O) groups excluding carboxylic acids is 2. The van der Waals surface area contributed by atoms with Crippen LogP contribution in [0.5, 0.6) is 0 Å². The average molecular weight is 606 g/mol. The van der Waals surface area contributed by atoms with E-state index in [4.69, 9.17) is 15.0 Å². The monoisotopic (exact) mass is 605 g/mol. The van der Waals surface area contributed by atoms with E-state index in [1.807, 2.05) is 5.43 Å². The van der Waals surface area contributed by atoms with Crippen LogP contribution in [0.2, 0.25) is 0 Å². The summed E-state index contributed by atoms with van der Waals surface area (Å²) in [6.45, 7) is 15.6. The minimum absolute atomic E-state index is 0.0176. The highest BCUT2D eigenvalue weighted by Gasteiger charge is 2.68. The SMILES string of the molecule is CCCCC(C)CCC(=O)C[C@@H](CCCN=C(N)N[N+](=O)[O-])C(=O)N[C@@H](CC(C)C)B1O[C@@H]2C[C@H]3C[C@H](C3(C)C)[C@]2(C)O1. The number of hydrazine groups is 1. The van der Waals surface area contributed by atoms with Crippen molar-refractivity contribution < 1.29 is 23.9 Å². The van der Waals surface area contributed by atoms with Gasteiger partial charge in [-0.05, 0) is 74.5 Å². The van der Waals surface area contributed by atoms with Gasteiger partial charge in [-0.25, -0.2) is 15.1 Å². The minimum Gasteiger partial charge on any atom is -0.404 e. The molecule has 0 radical (unpaired) electrons. The number of hydrogen-bond acceptors (Lipinski definition) is 7. The fourth-order valence-corrected chi connectivity index (χ4v) is 7.59. The molecule has 43 heavy (non-hydrogen) atoms. The number of nitrogens with one attached hydrogen (secondary N) is 2. The maximum atomic E-state index is 13.8. The largest absolute Gasteiger partial charge is 0.481 e. The molecule has 3 saturated carbocycles. The van der Waals surface area contributed by atoms with Crippen LogP contribution in [0.25, 0.3) is 0 Å². The van der Waals surface area contributed by atoms with E-state index in [2.05, 4.69) is 58.8 Å². The molecule has 244 valence electrons. The van der Waals surface area contributed by atoms with Crippen LogP contribution in [0.3, 0.4) is 0 Å². The molecule has 0 aromatic rings. The average Bonchev–Trinajstić information content (AvgIpc) is 3.28. The molecule has 3 aliphatic carbocycles. The molecule has 0 aromatic heterocycles. The Balaban J connectivity index is 1.67. The second kappa shape index (κ2) is 15.2. The Morgan fingerprint density at radius 2 is 1.86 bits per heavy atom. The van der Waals surface area contributed by atoms with Crippen molar-refractivity contribution in [2.24, 2.45) is 45.7 Å². The van der Waals surface area contributed by atoms with Gasteiger partial charge in [-0.1, -0.05) is 66.2 Å². The lowest BCUT2D eigenvalue weighted by atomic mass is 9.43. The number of nitrogens with zero attached hydrogens (tertiary/aromatic N) is 2. The normalized spacial score (nSPS) is 28.0. The van der Waals surface area contributed by atoms with E-state index in [0.717, 1.165) is 38.5 Å². The summed E-state index contributed by atoms with van der Waals surface area (Å²) in [6, 6.07) is 0. The predicted molar refractivity (Wildman–Crippen MR) is 168 cm³/mol.